The fourth-order valence-electron chi connectivity index (χ4n) is 3.65. The first kappa shape index (κ1) is 16.4. The number of hydrogen-bond donors (Lipinski definition) is 0. The van der Waals surface area contributed by atoms with E-state index in [0.717, 1.165) is 38.8 Å². The van der Waals surface area contributed by atoms with E-state index in [-0.39, 0.29) is 0 Å². The molecule has 0 saturated heterocycles. The Balaban J connectivity index is 2.03. The van der Waals surface area contributed by atoms with Crippen molar-refractivity contribution in [3.05, 3.63) is 65.4 Å². The average molecular weight is 341 g/mol. The summed E-state index contributed by atoms with van der Waals surface area (Å²) in [5.74, 6) is 0.294. The van der Waals surface area contributed by atoms with Gasteiger partial charge in [0, 0.05) is 22.9 Å². The molecule has 0 bridgehead atoms. The van der Waals surface area contributed by atoms with E-state index < -0.39 is 0 Å². The van der Waals surface area contributed by atoms with E-state index >= 15 is 0 Å². The zero-order valence-corrected chi connectivity index (χ0v) is 15.5. The van der Waals surface area contributed by atoms with E-state index in [1.54, 1.807) is 0 Å². The van der Waals surface area contributed by atoms with E-state index in [0.29, 0.717) is 11.5 Å². The van der Waals surface area contributed by atoms with Crippen LogP contribution in [-0.2, 0) is 7.05 Å². The van der Waals surface area contributed by atoms with Gasteiger partial charge in [0.15, 0.2) is 6.20 Å². The highest BCUT2D eigenvalue weighted by Crippen LogP contribution is 2.36. The van der Waals surface area contributed by atoms with Crippen LogP contribution < -0.4 is 4.57 Å². The van der Waals surface area contributed by atoms with Gasteiger partial charge in [-0.25, -0.2) is 4.57 Å². The summed E-state index contributed by atoms with van der Waals surface area (Å²) < 4.78 is 8.24. The number of nitrogens with zero attached hydrogens (tertiary/aromatic N) is 2. The van der Waals surface area contributed by atoms with Crippen LogP contribution in [0.2, 0.25) is 0 Å². The van der Waals surface area contributed by atoms with E-state index in [2.05, 4.69) is 55.7 Å². The fourth-order valence-corrected chi connectivity index (χ4v) is 3.65. The predicted octanol–water partition coefficient (Wildman–Crippen LogP) is 5.38. The van der Waals surface area contributed by atoms with Gasteiger partial charge in [-0.05, 0) is 54.3 Å². The zero-order valence-electron chi connectivity index (χ0n) is 15.5. The first-order valence-electron chi connectivity index (χ1n) is 8.85. The first-order chi connectivity index (χ1) is 12.5. The number of fused-ring (bicyclic) bond motifs is 3. The Bertz CT molecular complexity index is 1190. The first-order valence-corrected chi connectivity index (χ1v) is 8.85. The highest BCUT2D eigenvalue weighted by Gasteiger charge is 2.18. The van der Waals surface area contributed by atoms with Crippen molar-refractivity contribution in [1.29, 1.82) is 5.26 Å². The molecule has 3 nitrogen and oxygen atoms in total. The molecule has 0 spiro atoms. The van der Waals surface area contributed by atoms with Gasteiger partial charge in [-0.1, -0.05) is 13.8 Å². The minimum atomic E-state index is 0.294. The van der Waals surface area contributed by atoms with Gasteiger partial charge in [0.1, 0.15) is 18.2 Å². The largest absolute Gasteiger partial charge is 0.456 e. The van der Waals surface area contributed by atoms with Crippen LogP contribution in [0.3, 0.4) is 0 Å². The molecule has 3 heteroatoms. The van der Waals surface area contributed by atoms with Gasteiger partial charge in [0.25, 0.3) is 0 Å². The lowest BCUT2D eigenvalue weighted by Gasteiger charge is -2.07. The van der Waals surface area contributed by atoms with Crippen LogP contribution >= 0.6 is 0 Å². The van der Waals surface area contributed by atoms with E-state index in [9.17, 15) is 5.26 Å². The number of hydrogen-bond acceptors (Lipinski definition) is 2. The van der Waals surface area contributed by atoms with Gasteiger partial charge in [0.05, 0.1) is 17.2 Å². The molecule has 0 atom stereocenters. The fraction of sp³-hybridized carbons (Fsp3) is 0.217. The molecule has 0 saturated carbocycles. The lowest BCUT2D eigenvalue weighted by Crippen LogP contribution is -2.30. The summed E-state index contributed by atoms with van der Waals surface area (Å²) in [6.45, 7) is 6.36. The maximum Gasteiger partial charge on any atom is 0.212 e. The molecular formula is C23H21N2O+. The smallest absolute Gasteiger partial charge is 0.212 e. The third-order valence-corrected chi connectivity index (χ3v) is 5.06. The van der Waals surface area contributed by atoms with Crippen LogP contribution in [0.1, 0.15) is 36.5 Å². The normalized spacial score (nSPS) is 11.4. The number of nitriles is 1. The summed E-state index contributed by atoms with van der Waals surface area (Å²) in [5, 5.41) is 11.7. The summed E-state index contributed by atoms with van der Waals surface area (Å²) >= 11 is 0. The van der Waals surface area contributed by atoms with Gasteiger partial charge in [-0.3, -0.25) is 0 Å². The van der Waals surface area contributed by atoms with Crippen LogP contribution in [0.25, 0.3) is 33.2 Å². The summed E-state index contributed by atoms with van der Waals surface area (Å²) in [7, 11) is 2.05. The second kappa shape index (κ2) is 6.00. The second-order valence-electron chi connectivity index (χ2n) is 7.16. The molecule has 26 heavy (non-hydrogen) atoms. The highest BCUT2D eigenvalue weighted by molar-refractivity contribution is 6.07. The van der Waals surface area contributed by atoms with Crippen molar-refractivity contribution in [2.45, 2.75) is 26.7 Å². The van der Waals surface area contributed by atoms with Crippen molar-refractivity contribution in [2.75, 3.05) is 0 Å². The van der Waals surface area contributed by atoms with Gasteiger partial charge in [-0.2, -0.15) is 5.26 Å². The van der Waals surface area contributed by atoms with Gasteiger partial charge >= 0.3 is 0 Å². The number of aryl methyl sites for hydroxylation is 2. The van der Waals surface area contributed by atoms with Gasteiger partial charge in [0.2, 0.25) is 5.69 Å². The number of benzene rings is 2. The van der Waals surface area contributed by atoms with Crippen LogP contribution in [0.15, 0.2) is 53.1 Å². The molecule has 2 heterocycles. The van der Waals surface area contributed by atoms with E-state index in [4.69, 9.17) is 4.42 Å². The Morgan fingerprint density at radius 1 is 1.04 bits per heavy atom. The Morgan fingerprint density at radius 2 is 1.77 bits per heavy atom. The Morgan fingerprint density at radius 3 is 2.46 bits per heavy atom. The molecule has 0 amide bonds. The number of rotatable bonds is 2. The molecule has 0 radical (unpaired) electrons. The number of aromatic nitrogens is 1. The molecule has 0 aliphatic heterocycles. The summed E-state index contributed by atoms with van der Waals surface area (Å²) in [4.78, 5) is 0. The lowest BCUT2D eigenvalue weighted by molar-refractivity contribution is -0.660. The van der Waals surface area contributed by atoms with E-state index in [1.807, 2.05) is 31.4 Å². The zero-order chi connectivity index (χ0) is 18.4. The van der Waals surface area contributed by atoms with Crippen LogP contribution in [0, 0.1) is 18.3 Å². The Kier molecular flexibility index (Phi) is 3.77. The SMILES string of the molecule is Cc1cc2c(cc1-c1cccc[n+]1C)oc1cc(C#N)c(C(C)C)cc12. The molecule has 4 aromatic rings. The molecule has 0 fully saturated rings. The molecule has 2 aromatic heterocycles. The molecular weight excluding hydrogens is 320 g/mol. The van der Waals surface area contributed by atoms with Crippen molar-refractivity contribution in [2.24, 2.45) is 7.05 Å². The summed E-state index contributed by atoms with van der Waals surface area (Å²) in [5.41, 5.74) is 6.90. The molecule has 0 N–H and O–H groups in total. The molecule has 128 valence electrons. The van der Waals surface area contributed by atoms with Gasteiger partial charge < -0.3 is 4.42 Å². The number of pyridine rings is 1. The third kappa shape index (κ3) is 2.46. The summed E-state index contributed by atoms with van der Waals surface area (Å²) in [6, 6.07) is 16.8. The lowest BCUT2D eigenvalue weighted by atomic mass is 9.95. The van der Waals surface area contributed by atoms with Crippen molar-refractivity contribution in [3.8, 4) is 17.3 Å². The Labute approximate surface area is 153 Å². The highest BCUT2D eigenvalue weighted by atomic mass is 16.3. The van der Waals surface area contributed by atoms with Crippen LogP contribution in [0.4, 0.5) is 0 Å². The van der Waals surface area contributed by atoms with Crippen molar-refractivity contribution >= 4 is 21.9 Å². The molecule has 4 rings (SSSR count). The third-order valence-electron chi connectivity index (χ3n) is 5.06. The maximum atomic E-state index is 9.47. The molecule has 0 aliphatic carbocycles. The van der Waals surface area contributed by atoms with Crippen molar-refractivity contribution in [3.63, 3.8) is 0 Å². The predicted molar refractivity (Wildman–Crippen MR) is 104 cm³/mol. The minimum absolute atomic E-state index is 0.294. The molecule has 2 aromatic carbocycles. The number of furan rings is 1. The standard InChI is InChI=1S/C23H21N2O/c1-14(2)17-11-20-19-9-15(3)18(21-7-5-6-8-25(21)4)12-23(19)26-22(20)10-16(17)13-24/h5-12,14H,1-4H3/q+1. The average Bonchev–Trinajstić information content (AvgIpc) is 2.97. The van der Waals surface area contributed by atoms with E-state index in [1.165, 1.54) is 5.56 Å². The summed E-state index contributed by atoms with van der Waals surface area (Å²) in [6.07, 6.45) is 2.05. The second-order valence-corrected chi connectivity index (χ2v) is 7.16. The quantitative estimate of drug-likeness (QED) is 0.459. The topological polar surface area (TPSA) is 40.8 Å². The molecule has 0 unspecified atom stereocenters. The minimum Gasteiger partial charge on any atom is -0.456 e. The Hall–Kier alpha value is -3.12. The van der Waals surface area contributed by atoms with Crippen LogP contribution in [0.5, 0.6) is 0 Å². The monoisotopic (exact) mass is 341 g/mol. The maximum absolute atomic E-state index is 9.47. The van der Waals surface area contributed by atoms with Crippen molar-refractivity contribution < 1.29 is 8.98 Å². The van der Waals surface area contributed by atoms with Crippen molar-refractivity contribution in [1.82, 2.24) is 0 Å². The van der Waals surface area contributed by atoms with Gasteiger partial charge in [-0.15, -0.1) is 0 Å². The molecule has 0 aliphatic rings. The van der Waals surface area contributed by atoms with Crippen LogP contribution in [-0.4, -0.2) is 0 Å².